The molecule has 0 atom stereocenters. The molecule has 2 aromatic carbocycles. The van der Waals surface area contributed by atoms with Gasteiger partial charge in [-0.05, 0) is 25.0 Å². The van der Waals surface area contributed by atoms with Gasteiger partial charge in [0.1, 0.15) is 0 Å². The van der Waals surface area contributed by atoms with E-state index in [4.69, 9.17) is 0 Å². The molecule has 0 fully saturated rings. The van der Waals surface area contributed by atoms with Crippen molar-refractivity contribution in [3.8, 4) is 11.3 Å². The van der Waals surface area contributed by atoms with Crippen molar-refractivity contribution in [3.63, 3.8) is 0 Å². The molecule has 0 bridgehead atoms. The largest absolute Gasteiger partial charge is 0.293 e. The first kappa shape index (κ1) is 16.5. The number of fused-ring (bicyclic) bond motifs is 1. The second-order valence-corrected chi connectivity index (χ2v) is 7.12. The standard InChI is InChI=1S/C20H18N4OS/c1-13-8-9-16(14(2)10-13)17-12-26-20-22-19(23-24(17)20)21-18(25)11-15-6-4-3-5-7-15/h3-10,12H,11H2,1-2H3,(H,21,23,25). The van der Waals surface area contributed by atoms with E-state index in [1.165, 1.54) is 22.5 Å². The van der Waals surface area contributed by atoms with E-state index in [-0.39, 0.29) is 5.91 Å². The van der Waals surface area contributed by atoms with Crippen molar-refractivity contribution in [3.05, 3.63) is 70.6 Å². The third-order valence-electron chi connectivity index (χ3n) is 4.20. The van der Waals surface area contributed by atoms with Crippen LogP contribution in [0.25, 0.3) is 16.2 Å². The van der Waals surface area contributed by atoms with Crippen LogP contribution < -0.4 is 5.32 Å². The number of amides is 1. The van der Waals surface area contributed by atoms with E-state index in [0.717, 1.165) is 21.8 Å². The minimum atomic E-state index is -0.123. The van der Waals surface area contributed by atoms with Crippen molar-refractivity contribution < 1.29 is 4.79 Å². The highest BCUT2D eigenvalue weighted by molar-refractivity contribution is 7.15. The lowest BCUT2D eigenvalue weighted by atomic mass is 10.0. The van der Waals surface area contributed by atoms with Gasteiger partial charge in [0.15, 0.2) is 0 Å². The smallest absolute Gasteiger partial charge is 0.250 e. The van der Waals surface area contributed by atoms with E-state index in [0.29, 0.717) is 12.4 Å². The Morgan fingerprint density at radius 2 is 1.96 bits per heavy atom. The Bertz CT molecular complexity index is 1080. The molecule has 0 spiro atoms. The van der Waals surface area contributed by atoms with E-state index >= 15 is 0 Å². The molecule has 2 aromatic heterocycles. The number of aryl methyl sites for hydroxylation is 2. The summed E-state index contributed by atoms with van der Waals surface area (Å²) >= 11 is 1.51. The predicted molar refractivity (Wildman–Crippen MR) is 105 cm³/mol. The van der Waals surface area contributed by atoms with Crippen molar-refractivity contribution >= 4 is 28.2 Å². The molecule has 0 aliphatic rings. The van der Waals surface area contributed by atoms with Gasteiger partial charge in [0, 0.05) is 10.9 Å². The maximum absolute atomic E-state index is 12.2. The van der Waals surface area contributed by atoms with Crippen LogP contribution in [0.2, 0.25) is 0 Å². The minimum absolute atomic E-state index is 0.123. The number of carbonyl (C=O) groups is 1. The van der Waals surface area contributed by atoms with Crippen LogP contribution in [0.3, 0.4) is 0 Å². The number of benzene rings is 2. The Labute approximate surface area is 155 Å². The number of carbonyl (C=O) groups excluding carboxylic acids is 1. The van der Waals surface area contributed by atoms with E-state index in [2.05, 4.69) is 47.4 Å². The number of hydrogen-bond acceptors (Lipinski definition) is 4. The summed E-state index contributed by atoms with van der Waals surface area (Å²) < 4.78 is 1.79. The van der Waals surface area contributed by atoms with Crippen LogP contribution in [-0.2, 0) is 11.2 Å². The molecule has 5 nitrogen and oxygen atoms in total. The summed E-state index contributed by atoms with van der Waals surface area (Å²) in [6, 6.07) is 16.0. The lowest BCUT2D eigenvalue weighted by molar-refractivity contribution is -0.115. The molecule has 0 radical (unpaired) electrons. The second kappa shape index (κ2) is 6.72. The Kier molecular flexibility index (Phi) is 4.26. The Balaban J connectivity index is 1.59. The highest BCUT2D eigenvalue weighted by Gasteiger charge is 2.14. The molecule has 0 aliphatic carbocycles. The van der Waals surface area contributed by atoms with Crippen molar-refractivity contribution in [2.75, 3.05) is 5.32 Å². The number of anilines is 1. The minimum Gasteiger partial charge on any atom is -0.293 e. The maximum Gasteiger partial charge on any atom is 0.250 e. The number of hydrogen-bond donors (Lipinski definition) is 1. The topological polar surface area (TPSA) is 59.3 Å². The highest BCUT2D eigenvalue weighted by Crippen LogP contribution is 2.28. The van der Waals surface area contributed by atoms with Gasteiger partial charge in [-0.3, -0.25) is 10.1 Å². The van der Waals surface area contributed by atoms with Gasteiger partial charge < -0.3 is 0 Å². The lowest BCUT2D eigenvalue weighted by Crippen LogP contribution is -2.15. The quantitative estimate of drug-likeness (QED) is 0.590. The summed E-state index contributed by atoms with van der Waals surface area (Å²) in [6.07, 6.45) is 0.303. The van der Waals surface area contributed by atoms with Crippen LogP contribution in [0.15, 0.2) is 53.9 Å². The number of nitrogens with one attached hydrogen (secondary N) is 1. The van der Waals surface area contributed by atoms with Crippen LogP contribution in [0.1, 0.15) is 16.7 Å². The lowest BCUT2D eigenvalue weighted by Gasteiger charge is -2.05. The first-order chi connectivity index (χ1) is 12.6. The Morgan fingerprint density at radius 3 is 2.73 bits per heavy atom. The zero-order chi connectivity index (χ0) is 18.1. The molecule has 0 saturated carbocycles. The maximum atomic E-state index is 12.2. The summed E-state index contributed by atoms with van der Waals surface area (Å²) in [5, 5.41) is 9.32. The number of nitrogens with zero attached hydrogens (tertiary/aromatic N) is 3. The van der Waals surface area contributed by atoms with Gasteiger partial charge in [0.05, 0.1) is 12.1 Å². The van der Waals surface area contributed by atoms with E-state index in [9.17, 15) is 4.79 Å². The first-order valence-corrected chi connectivity index (χ1v) is 9.24. The molecule has 4 rings (SSSR count). The normalized spacial score (nSPS) is 11.0. The molecule has 4 aromatic rings. The fourth-order valence-electron chi connectivity index (χ4n) is 2.97. The van der Waals surface area contributed by atoms with Crippen LogP contribution >= 0.6 is 11.3 Å². The monoisotopic (exact) mass is 362 g/mol. The van der Waals surface area contributed by atoms with Gasteiger partial charge in [-0.1, -0.05) is 54.1 Å². The highest BCUT2D eigenvalue weighted by atomic mass is 32.1. The molecule has 0 saturated heterocycles. The van der Waals surface area contributed by atoms with E-state index in [1.807, 2.05) is 35.7 Å². The molecular formula is C20H18N4OS. The summed E-state index contributed by atoms with van der Waals surface area (Å²) in [5.74, 6) is 0.214. The molecule has 26 heavy (non-hydrogen) atoms. The molecule has 0 unspecified atom stereocenters. The SMILES string of the molecule is Cc1ccc(-c2csc3nc(NC(=O)Cc4ccccc4)nn23)c(C)c1. The summed E-state index contributed by atoms with van der Waals surface area (Å²) in [6.45, 7) is 4.17. The van der Waals surface area contributed by atoms with Gasteiger partial charge in [-0.2, -0.15) is 4.98 Å². The fourth-order valence-corrected chi connectivity index (χ4v) is 3.79. The summed E-state index contributed by atoms with van der Waals surface area (Å²) in [4.78, 5) is 17.4. The van der Waals surface area contributed by atoms with E-state index < -0.39 is 0 Å². The molecule has 1 N–H and O–H groups in total. The van der Waals surface area contributed by atoms with Crippen LogP contribution in [0, 0.1) is 13.8 Å². The first-order valence-electron chi connectivity index (χ1n) is 8.36. The van der Waals surface area contributed by atoms with Crippen molar-refractivity contribution in [1.82, 2.24) is 14.6 Å². The average molecular weight is 362 g/mol. The molecule has 2 heterocycles. The predicted octanol–water partition coefficient (Wildman–Crippen LogP) is 4.26. The fraction of sp³-hybridized carbons (Fsp3) is 0.150. The van der Waals surface area contributed by atoms with Gasteiger partial charge in [-0.15, -0.1) is 16.4 Å². The van der Waals surface area contributed by atoms with Gasteiger partial charge in [-0.25, -0.2) is 4.52 Å². The Morgan fingerprint density at radius 1 is 1.15 bits per heavy atom. The van der Waals surface area contributed by atoms with Crippen molar-refractivity contribution in [1.29, 1.82) is 0 Å². The number of rotatable bonds is 4. The number of aromatic nitrogens is 3. The van der Waals surface area contributed by atoms with Crippen LogP contribution in [0.5, 0.6) is 0 Å². The van der Waals surface area contributed by atoms with Crippen LogP contribution in [0.4, 0.5) is 5.95 Å². The molecule has 6 heteroatoms. The van der Waals surface area contributed by atoms with Gasteiger partial charge in [0.2, 0.25) is 16.8 Å². The van der Waals surface area contributed by atoms with Gasteiger partial charge >= 0.3 is 0 Å². The average Bonchev–Trinajstić information content (AvgIpc) is 3.16. The second-order valence-electron chi connectivity index (χ2n) is 6.28. The molecule has 130 valence electrons. The van der Waals surface area contributed by atoms with Crippen molar-refractivity contribution in [2.24, 2.45) is 0 Å². The summed E-state index contributed by atoms with van der Waals surface area (Å²) in [7, 11) is 0. The third-order valence-corrected chi connectivity index (χ3v) is 5.01. The van der Waals surface area contributed by atoms with E-state index in [1.54, 1.807) is 4.52 Å². The van der Waals surface area contributed by atoms with Crippen molar-refractivity contribution in [2.45, 2.75) is 20.3 Å². The molecule has 1 amide bonds. The zero-order valence-corrected chi connectivity index (χ0v) is 15.4. The molecule has 0 aliphatic heterocycles. The zero-order valence-electron chi connectivity index (χ0n) is 14.6. The molecular weight excluding hydrogens is 344 g/mol. The number of thiazole rings is 1. The third kappa shape index (κ3) is 3.23. The van der Waals surface area contributed by atoms with Gasteiger partial charge in [0.25, 0.3) is 0 Å². The van der Waals surface area contributed by atoms with Crippen LogP contribution in [-0.4, -0.2) is 20.5 Å². The Hall–Kier alpha value is -2.99. The summed E-state index contributed by atoms with van der Waals surface area (Å²) in [5.41, 5.74) is 5.48.